The van der Waals surface area contributed by atoms with Crippen LogP contribution < -0.4 is 0 Å². The molecule has 4 heteroatoms. The van der Waals surface area contributed by atoms with E-state index in [-0.39, 0.29) is 5.41 Å². The Morgan fingerprint density at radius 1 is 1.23 bits per heavy atom. The van der Waals surface area contributed by atoms with Crippen LogP contribution in [0.15, 0.2) is 70.9 Å². The number of carbonyl (C=O) groups is 1. The fourth-order valence-corrected chi connectivity index (χ4v) is 4.01. The van der Waals surface area contributed by atoms with Crippen LogP contribution in [0.1, 0.15) is 53.0 Å². The van der Waals surface area contributed by atoms with E-state index in [2.05, 4.69) is 61.8 Å². The Labute approximate surface area is 186 Å². The fourth-order valence-electron chi connectivity index (χ4n) is 3.17. The lowest BCUT2D eigenvalue weighted by molar-refractivity contribution is -0.127. The first-order valence-corrected chi connectivity index (χ1v) is 11.3. The maximum absolute atomic E-state index is 12.4. The van der Waals surface area contributed by atoms with E-state index in [0.29, 0.717) is 12.2 Å². The third-order valence-electron chi connectivity index (χ3n) is 5.20. The number of imidazole rings is 1. The number of hydrogen-bond donors (Lipinski definition) is 0. The summed E-state index contributed by atoms with van der Waals surface area (Å²) in [5.74, 6) is 0.331. The molecule has 0 fully saturated rings. The Bertz CT molecular complexity index is 946. The quantitative estimate of drug-likeness (QED) is 0.301. The van der Waals surface area contributed by atoms with Crippen LogP contribution in [0.3, 0.4) is 0 Å². The van der Waals surface area contributed by atoms with Crippen molar-refractivity contribution in [2.75, 3.05) is 0 Å². The average Bonchev–Trinajstić information content (AvgIpc) is 3.07. The molecule has 0 saturated carbocycles. The Balaban J connectivity index is 2.19. The molecule has 3 nitrogen and oxygen atoms in total. The van der Waals surface area contributed by atoms with Gasteiger partial charge in [0.25, 0.3) is 0 Å². The van der Waals surface area contributed by atoms with Gasteiger partial charge in [0.1, 0.15) is 16.5 Å². The third-order valence-corrected chi connectivity index (χ3v) is 6.28. The summed E-state index contributed by atoms with van der Waals surface area (Å²) >= 11 is 1.62. The van der Waals surface area contributed by atoms with Crippen molar-refractivity contribution in [2.24, 2.45) is 12.5 Å². The largest absolute Gasteiger partial charge is 0.328 e. The monoisotopic (exact) mass is 422 g/mol. The summed E-state index contributed by atoms with van der Waals surface area (Å²) in [7, 11) is 2.00. The molecule has 2 rings (SSSR count). The van der Waals surface area contributed by atoms with Crippen LogP contribution in [0.25, 0.3) is 11.3 Å². The molecule has 2 aromatic rings. The van der Waals surface area contributed by atoms with Crippen molar-refractivity contribution in [1.82, 2.24) is 9.55 Å². The van der Waals surface area contributed by atoms with Crippen molar-refractivity contribution in [3.05, 3.63) is 71.4 Å². The minimum absolute atomic E-state index is 0.331. The molecule has 0 atom stereocenters. The highest BCUT2D eigenvalue weighted by molar-refractivity contribution is 8.03. The lowest BCUT2D eigenvalue weighted by Gasteiger charge is -2.23. The van der Waals surface area contributed by atoms with Gasteiger partial charge in [-0.2, -0.15) is 0 Å². The molecule has 0 saturated heterocycles. The lowest BCUT2D eigenvalue weighted by Crippen LogP contribution is -2.26. The highest BCUT2D eigenvalue weighted by atomic mass is 32.2. The number of thioether (sulfide) groups is 1. The fraction of sp³-hybridized carbons (Fsp3) is 0.385. The summed E-state index contributed by atoms with van der Waals surface area (Å²) in [5, 5.41) is 1.06. The van der Waals surface area contributed by atoms with Gasteiger partial charge in [0.05, 0.1) is 6.33 Å². The van der Waals surface area contributed by atoms with Gasteiger partial charge < -0.3 is 4.57 Å². The zero-order valence-electron chi connectivity index (χ0n) is 19.2. The van der Waals surface area contributed by atoms with Gasteiger partial charge in [-0.1, -0.05) is 81.1 Å². The molecule has 0 unspecified atom stereocenters. The van der Waals surface area contributed by atoms with E-state index in [0.717, 1.165) is 34.0 Å². The number of aromatic nitrogens is 2. The van der Waals surface area contributed by atoms with Crippen LogP contribution in [0.5, 0.6) is 0 Å². The highest BCUT2D eigenvalue weighted by Crippen LogP contribution is 2.35. The molecular formula is C26H34N2OS. The molecule has 0 radical (unpaired) electrons. The molecule has 30 heavy (non-hydrogen) atoms. The molecular weight excluding hydrogens is 388 g/mol. The van der Waals surface area contributed by atoms with Crippen molar-refractivity contribution in [1.29, 1.82) is 0 Å². The predicted octanol–water partition coefficient (Wildman–Crippen LogP) is 7.15. The molecule has 1 aromatic carbocycles. The van der Waals surface area contributed by atoms with Gasteiger partial charge in [0.2, 0.25) is 0 Å². The second-order valence-electron chi connectivity index (χ2n) is 8.37. The molecule has 0 aliphatic rings. The van der Waals surface area contributed by atoms with E-state index in [1.54, 1.807) is 11.8 Å². The number of rotatable bonds is 10. The molecule has 0 aliphatic carbocycles. The van der Waals surface area contributed by atoms with Crippen LogP contribution in [-0.4, -0.2) is 15.3 Å². The Morgan fingerprint density at radius 3 is 2.50 bits per heavy atom. The molecule has 0 bridgehead atoms. The van der Waals surface area contributed by atoms with E-state index in [9.17, 15) is 4.79 Å². The van der Waals surface area contributed by atoms with Gasteiger partial charge in [-0.3, -0.25) is 4.79 Å². The minimum atomic E-state index is -0.335. The number of hydrogen-bond acceptors (Lipinski definition) is 3. The van der Waals surface area contributed by atoms with Gasteiger partial charge in [-0.15, -0.1) is 0 Å². The van der Waals surface area contributed by atoms with E-state index < -0.39 is 0 Å². The van der Waals surface area contributed by atoms with E-state index in [4.69, 9.17) is 0 Å². The van der Waals surface area contributed by atoms with Crippen molar-refractivity contribution >= 4 is 17.5 Å². The first-order chi connectivity index (χ1) is 14.2. The van der Waals surface area contributed by atoms with Crippen molar-refractivity contribution in [3.63, 3.8) is 0 Å². The van der Waals surface area contributed by atoms with E-state index >= 15 is 0 Å². The highest BCUT2D eigenvalue weighted by Gasteiger charge is 2.26. The van der Waals surface area contributed by atoms with Gasteiger partial charge in [0, 0.05) is 29.4 Å². The molecule has 0 spiro atoms. The zero-order chi connectivity index (χ0) is 22.3. The van der Waals surface area contributed by atoms with Crippen LogP contribution in [0, 0.1) is 5.41 Å². The number of aryl methyl sites for hydroxylation is 1. The average molecular weight is 423 g/mol. The topological polar surface area (TPSA) is 34.9 Å². The summed E-state index contributed by atoms with van der Waals surface area (Å²) in [6.45, 7) is 14.4. The first-order valence-electron chi connectivity index (χ1n) is 10.5. The van der Waals surface area contributed by atoms with Crippen LogP contribution in [-0.2, 0) is 18.3 Å². The minimum Gasteiger partial charge on any atom is -0.328 e. The molecule has 1 heterocycles. The second-order valence-corrected chi connectivity index (χ2v) is 9.49. The SMILES string of the molecule is C=C(/C=C\C(C)=C/C)Sc1c(-c2ccc(CC(C)(C)C(=O)CCC)cc2)ncn1C. The standard InChI is InChI=1S/C26H34N2OS/c1-8-10-23(29)26(5,6)17-21-13-15-22(16-14-21)24-25(28(7)18-27-24)30-20(4)12-11-19(3)9-2/h9,11-16,18H,4,8,10,17H2,1-3,5-7H3/b12-11-,19-9-. The van der Waals surface area contributed by atoms with Gasteiger partial charge >= 0.3 is 0 Å². The van der Waals surface area contributed by atoms with Crippen LogP contribution >= 0.6 is 11.8 Å². The van der Waals surface area contributed by atoms with E-state index in [1.807, 2.05) is 44.8 Å². The summed E-state index contributed by atoms with van der Waals surface area (Å²) in [5.41, 5.74) is 4.07. The summed E-state index contributed by atoms with van der Waals surface area (Å²) in [6.07, 6.45) is 10.3. The summed E-state index contributed by atoms with van der Waals surface area (Å²) in [6, 6.07) is 8.43. The second kappa shape index (κ2) is 10.6. The lowest BCUT2D eigenvalue weighted by atomic mass is 9.80. The van der Waals surface area contributed by atoms with Crippen molar-refractivity contribution in [3.8, 4) is 11.3 Å². The van der Waals surface area contributed by atoms with E-state index in [1.165, 1.54) is 11.1 Å². The molecule has 0 N–H and O–H groups in total. The van der Waals surface area contributed by atoms with Crippen LogP contribution in [0.2, 0.25) is 0 Å². The number of nitrogens with zero attached hydrogens (tertiary/aromatic N) is 2. The number of carbonyl (C=O) groups excluding carboxylic acids is 1. The zero-order valence-corrected chi connectivity index (χ0v) is 20.0. The third kappa shape index (κ3) is 6.33. The number of allylic oxidation sites excluding steroid dienone is 4. The number of ketones is 1. The van der Waals surface area contributed by atoms with Crippen molar-refractivity contribution in [2.45, 2.75) is 58.9 Å². The first kappa shape index (κ1) is 23.9. The Morgan fingerprint density at radius 2 is 1.90 bits per heavy atom. The molecule has 0 amide bonds. The van der Waals surface area contributed by atoms with Gasteiger partial charge in [-0.05, 0) is 38.3 Å². The maximum Gasteiger partial charge on any atom is 0.138 e. The maximum atomic E-state index is 12.4. The molecule has 0 aliphatic heterocycles. The van der Waals surface area contributed by atoms with Gasteiger partial charge in [0.15, 0.2) is 0 Å². The molecule has 160 valence electrons. The number of benzene rings is 1. The normalized spacial score (nSPS) is 12.5. The molecule has 1 aromatic heterocycles. The Kier molecular flexibility index (Phi) is 8.48. The van der Waals surface area contributed by atoms with Gasteiger partial charge in [-0.25, -0.2) is 4.98 Å². The Hall–Kier alpha value is -2.33. The van der Waals surface area contributed by atoms with Crippen LogP contribution in [0.4, 0.5) is 0 Å². The van der Waals surface area contributed by atoms with Crippen molar-refractivity contribution < 1.29 is 4.79 Å². The number of Topliss-reactive ketones (excluding diaryl/α,β-unsaturated/α-hetero) is 1. The smallest absolute Gasteiger partial charge is 0.138 e. The predicted molar refractivity (Wildman–Crippen MR) is 130 cm³/mol. The summed E-state index contributed by atoms with van der Waals surface area (Å²) < 4.78 is 2.03. The summed E-state index contributed by atoms with van der Waals surface area (Å²) in [4.78, 5) is 18.0.